The van der Waals surface area contributed by atoms with Gasteiger partial charge in [-0.1, -0.05) is 12.1 Å². The second-order valence-corrected chi connectivity index (χ2v) is 5.44. The highest BCUT2D eigenvalue weighted by Crippen LogP contribution is 2.08. The number of aromatic nitrogens is 1. The number of amides is 1. The van der Waals surface area contributed by atoms with E-state index >= 15 is 0 Å². The lowest BCUT2D eigenvalue weighted by Gasteiger charge is -2.34. The third-order valence-corrected chi connectivity index (χ3v) is 3.70. The van der Waals surface area contributed by atoms with Crippen molar-refractivity contribution in [2.24, 2.45) is 0 Å². The molecule has 1 aromatic heterocycles. The van der Waals surface area contributed by atoms with Crippen LogP contribution < -0.4 is 5.48 Å². The summed E-state index contributed by atoms with van der Waals surface area (Å²) in [4.78, 5) is 19.3. The Morgan fingerprint density at radius 1 is 1.30 bits per heavy atom. The van der Waals surface area contributed by atoms with Crippen LogP contribution in [0.3, 0.4) is 0 Å². The molecular formula is C16H22N4O3. The number of hydrogen-bond donors (Lipinski definition) is 3. The van der Waals surface area contributed by atoms with Crippen molar-refractivity contribution in [3.05, 3.63) is 41.7 Å². The predicted octanol–water partition coefficient (Wildman–Crippen LogP) is 0.179. The fourth-order valence-corrected chi connectivity index (χ4v) is 2.22. The van der Waals surface area contributed by atoms with Crippen molar-refractivity contribution >= 4 is 18.1 Å². The first-order chi connectivity index (χ1) is 11.1. The number of hydroxylamine groups is 1. The van der Waals surface area contributed by atoms with Crippen molar-refractivity contribution < 1.29 is 15.1 Å². The van der Waals surface area contributed by atoms with E-state index in [2.05, 4.69) is 16.9 Å². The van der Waals surface area contributed by atoms with Crippen molar-refractivity contribution in [2.75, 3.05) is 33.2 Å². The first kappa shape index (κ1) is 17.3. The summed E-state index contributed by atoms with van der Waals surface area (Å²) in [6.07, 6.45) is 7.31. The smallest absolute Gasteiger partial charge is 0.267 e. The second-order valence-electron chi connectivity index (χ2n) is 5.44. The molecule has 2 heterocycles. The van der Waals surface area contributed by atoms with Crippen LogP contribution >= 0.6 is 0 Å². The van der Waals surface area contributed by atoms with Gasteiger partial charge < -0.3 is 10.0 Å². The Balaban J connectivity index is 1.89. The zero-order chi connectivity index (χ0) is 16.7. The lowest BCUT2D eigenvalue weighted by Crippen LogP contribution is -2.48. The zero-order valence-electron chi connectivity index (χ0n) is 13.1. The second kappa shape index (κ2) is 8.54. The summed E-state index contributed by atoms with van der Waals surface area (Å²) in [5, 5.41) is 18.6. The van der Waals surface area contributed by atoms with E-state index < -0.39 is 12.1 Å². The van der Waals surface area contributed by atoms with Crippen molar-refractivity contribution in [1.82, 2.24) is 20.3 Å². The van der Waals surface area contributed by atoms with Gasteiger partial charge in [-0.05, 0) is 30.8 Å². The first-order valence-corrected chi connectivity index (χ1v) is 7.45. The Kier molecular flexibility index (Phi) is 6.42. The monoisotopic (exact) mass is 318 g/mol. The maximum absolute atomic E-state index is 10.9. The Labute approximate surface area is 135 Å². The lowest BCUT2D eigenvalue weighted by atomic mass is 10.2. The van der Waals surface area contributed by atoms with Crippen molar-refractivity contribution in [2.45, 2.75) is 6.23 Å². The summed E-state index contributed by atoms with van der Waals surface area (Å²) < 4.78 is 0. The van der Waals surface area contributed by atoms with Gasteiger partial charge in [-0.2, -0.15) is 0 Å². The summed E-state index contributed by atoms with van der Waals surface area (Å²) in [6, 6.07) is 3.60. The van der Waals surface area contributed by atoms with E-state index in [-0.39, 0.29) is 0 Å². The number of nitrogens with one attached hydrogen (secondary N) is 1. The van der Waals surface area contributed by atoms with Gasteiger partial charge in [0.25, 0.3) is 5.91 Å². The number of nitrogens with zero attached hydrogens (tertiary/aromatic N) is 3. The number of carbonyl (C=O) groups is 1. The topological polar surface area (TPSA) is 88.9 Å². The van der Waals surface area contributed by atoms with Crippen LogP contribution in [0, 0.1) is 0 Å². The SMILES string of the molecule is CN1CCN(C(O)/C=C/c2ccc(/C=C/C(=O)NO)nc2)CC1. The van der Waals surface area contributed by atoms with Gasteiger partial charge >= 0.3 is 0 Å². The number of rotatable bonds is 5. The average molecular weight is 318 g/mol. The van der Waals surface area contributed by atoms with Crippen molar-refractivity contribution in [3.8, 4) is 0 Å². The molecule has 0 saturated carbocycles. The standard InChI is InChI=1S/C16H22N4O3/c1-19-8-10-20(11-9-19)16(22)7-3-13-2-4-14(17-12-13)5-6-15(21)18-23/h2-7,12,16,22-23H,8-11H2,1H3,(H,18,21)/b6-5+,7-3+. The Morgan fingerprint density at radius 3 is 2.65 bits per heavy atom. The van der Waals surface area contributed by atoms with Gasteiger partial charge in [-0.25, -0.2) is 5.48 Å². The van der Waals surface area contributed by atoms with Crippen LogP contribution in [0.25, 0.3) is 12.2 Å². The van der Waals surface area contributed by atoms with E-state index in [0.29, 0.717) is 5.69 Å². The van der Waals surface area contributed by atoms with Gasteiger partial charge in [-0.3, -0.25) is 19.9 Å². The van der Waals surface area contributed by atoms with E-state index in [0.717, 1.165) is 31.7 Å². The highest BCUT2D eigenvalue weighted by atomic mass is 16.5. The molecule has 7 heteroatoms. The van der Waals surface area contributed by atoms with Gasteiger partial charge in [0.15, 0.2) is 0 Å². The van der Waals surface area contributed by atoms with Crippen molar-refractivity contribution in [1.29, 1.82) is 0 Å². The quantitative estimate of drug-likeness (QED) is 0.408. The molecule has 1 saturated heterocycles. The summed E-state index contributed by atoms with van der Waals surface area (Å²) in [5.41, 5.74) is 2.98. The molecule has 1 aliphatic heterocycles. The molecule has 124 valence electrons. The zero-order valence-corrected chi connectivity index (χ0v) is 13.1. The largest absolute Gasteiger partial charge is 0.375 e. The minimum absolute atomic E-state index is 0.600. The fraction of sp³-hybridized carbons (Fsp3) is 0.375. The maximum atomic E-state index is 10.9. The molecule has 3 N–H and O–H groups in total. The molecule has 0 radical (unpaired) electrons. The van der Waals surface area contributed by atoms with Gasteiger partial charge in [0, 0.05) is 38.5 Å². The normalized spacial score (nSPS) is 18.6. The molecule has 0 aromatic carbocycles. The van der Waals surface area contributed by atoms with Crippen molar-refractivity contribution in [3.63, 3.8) is 0 Å². The summed E-state index contributed by atoms with van der Waals surface area (Å²) in [7, 11) is 2.07. The highest BCUT2D eigenvalue weighted by Gasteiger charge is 2.18. The van der Waals surface area contributed by atoms with Crippen LogP contribution in [0.15, 0.2) is 30.5 Å². The molecule has 1 unspecified atom stereocenters. The highest BCUT2D eigenvalue weighted by molar-refractivity contribution is 5.90. The number of carbonyl (C=O) groups excluding carboxylic acids is 1. The third kappa shape index (κ3) is 5.57. The number of piperazine rings is 1. The van der Waals surface area contributed by atoms with Crippen LogP contribution in [0.5, 0.6) is 0 Å². The Bertz CT molecular complexity index is 563. The summed E-state index contributed by atoms with van der Waals surface area (Å²) in [5.74, 6) is -0.605. The maximum Gasteiger partial charge on any atom is 0.267 e. The minimum atomic E-state index is -0.605. The van der Waals surface area contributed by atoms with E-state index in [1.807, 2.05) is 17.0 Å². The molecule has 1 amide bonds. The molecule has 23 heavy (non-hydrogen) atoms. The molecule has 7 nitrogen and oxygen atoms in total. The van der Waals surface area contributed by atoms with Crippen LogP contribution in [-0.4, -0.2) is 70.5 Å². The number of likely N-dealkylation sites (N-methyl/N-ethyl adjacent to an activating group) is 1. The van der Waals surface area contributed by atoms with Crippen LogP contribution in [0.1, 0.15) is 11.3 Å². The number of aliphatic hydroxyl groups is 1. The lowest BCUT2D eigenvalue weighted by molar-refractivity contribution is -0.124. The van der Waals surface area contributed by atoms with E-state index in [4.69, 9.17) is 5.21 Å². The molecule has 0 aliphatic carbocycles. The average Bonchev–Trinajstić information content (AvgIpc) is 2.59. The summed E-state index contributed by atoms with van der Waals surface area (Å²) >= 11 is 0. The molecule has 2 rings (SSSR count). The van der Waals surface area contributed by atoms with Crippen LogP contribution in [0.2, 0.25) is 0 Å². The number of aliphatic hydroxyl groups excluding tert-OH is 1. The molecule has 0 spiro atoms. The predicted molar refractivity (Wildman–Crippen MR) is 87.3 cm³/mol. The molecule has 1 aromatic rings. The number of pyridine rings is 1. The summed E-state index contributed by atoms with van der Waals surface area (Å²) in [6.45, 7) is 3.59. The van der Waals surface area contributed by atoms with Crippen LogP contribution in [0.4, 0.5) is 0 Å². The number of hydrogen-bond acceptors (Lipinski definition) is 6. The molecule has 0 bridgehead atoms. The van der Waals surface area contributed by atoms with Crippen LogP contribution in [-0.2, 0) is 4.79 Å². The van der Waals surface area contributed by atoms with E-state index in [1.165, 1.54) is 17.6 Å². The van der Waals surface area contributed by atoms with E-state index in [1.54, 1.807) is 18.3 Å². The van der Waals surface area contributed by atoms with Gasteiger partial charge in [0.05, 0.1) is 5.69 Å². The van der Waals surface area contributed by atoms with Gasteiger partial charge in [0.1, 0.15) is 6.23 Å². The van der Waals surface area contributed by atoms with Gasteiger partial charge in [-0.15, -0.1) is 0 Å². The Morgan fingerprint density at radius 2 is 2.04 bits per heavy atom. The van der Waals surface area contributed by atoms with Gasteiger partial charge in [0.2, 0.25) is 0 Å². The molecular weight excluding hydrogens is 296 g/mol. The molecule has 1 atom stereocenters. The molecule has 1 fully saturated rings. The molecule has 1 aliphatic rings. The fourth-order valence-electron chi connectivity index (χ4n) is 2.22. The van der Waals surface area contributed by atoms with E-state index in [9.17, 15) is 9.90 Å². The first-order valence-electron chi connectivity index (χ1n) is 7.45. The Hall–Kier alpha value is -2.06. The minimum Gasteiger partial charge on any atom is -0.375 e. The third-order valence-electron chi connectivity index (χ3n) is 3.70.